The first kappa shape index (κ1) is 16.6. The molecule has 1 amide bonds. The Morgan fingerprint density at radius 3 is 2.61 bits per heavy atom. The zero-order chi connectivity index (χ0) is 16.4. The zero-order valence-corrected chi connectivity index (χ0v) is 14.9. The van der Waals surface area contributed by atoms with Gasteiger partial charge in [0.05, 0.1) is 5.75 Å². The Morgan fingerprint density at radius 1 is 1.30 bits per heavy atom. The van der Waals surface area contributed by atoms with Gasteiger partial charge in [0.15, 0.2) is 5.16 Å². The molecule has 1 aliphatic rings. The van der Waals surface area contributed by atoms with Gasteiger partial charge in [0.25, 0.3) is 0 Å². The smallest absolute Gasteiger partial charge is 0.234 e. The molecule has 0 atom stereocenters. The van der Waals surface area contributed by atoms with E-state index in [0.29, 0.717) is 21.7 Å². The summed E-state index contributed by atoms with van der Waals surface area (Å²) in [6.45, 7) is 2.88. The number of amides is 1. The van der Waals surface area contributed by atoms with Crippen LogP contribution >= 0.6 is 35.0 Å². The van der Waals surface area contributed by atoms with Gasteiger partial charge in [-0.25, -0.2) is 0 Å². The minimum absolute atomic E-state index is 0.132. The van der Waals surface area contributed by atoms with Crippen LogP contribution in [0, 0.1) is 0 Å². The molecule has 1 saturated carbocycles. The molecule has 1 heterocycles. The van der Waals surface area contributed by atoms with Gasteiger partial charge < -0.3 is 9.88 Å². The molecule has 1 aliphatic carbocycles. The van der Waals surface area contributed by atoms with Crippen LogP contribution in [0.5, 0.6) is 0 Å². The van der Waals surface area contributed by atoms with Gasteiger partial charge in [0, 0.05) is 28.2 Å². The molecule has 1 aromatic heterocycles. The van der Waals surface area contributed by atoms with Crippen molar-refractivity contribution >= 4 is 46.6 Å². The van der Waals surface area contributed by atoms with E-state index in [-0.39, 0.29) is 11.7 Å². The van der Waals surface area contributed by atoms with E-state index in [1.807, 2.05) is 0 Å². The molecule has 2 aromatic rings. The average molecular weight is 371 g/mol. The van der Waals surface area contributed by atoms with Crippen LogP contribution < -0.4 is 5.32 Å². The van der Waals surface area contributed by atoms with Crippen LogP contribution in [0.4, 0.5) is 5.69 Å². The summed E-state index contributed by atoms with van der Waals surface area (Å²) < 4.78 is 2.09. The van der Waals surface area contributed by atoms with Crippen molar-refractivity contribution in [1.82, 2.24) is 14.8 Å². The first-order valence-electron chi connectivity index (χ1n) is 7.38. The number of hydrogen-bond donors (Lipinski definition) is 1. The fourth-order valence-corrected chi connectivity index (χ4v) is 3.64. The van der Waals surface area contributed by atoms with E-state index in [1.165, 1.54) is 24.6 Å². The molecular weight excluding hydrogens is 355 g/mol. The summed E-state index contributed by atoms with van der Waals surface area (Å²) in [5, 5.41) is 13.0. The highest BCUT2D eigenvalue weighted by atomic mass is 35.5. The lowest BCUT2D eigenvalue weighted by Crippen LogP contribution is -2.14. The lowest BCUT2D eigenvalue weighted by molar-refractivity contribution is -0.113. The number of hydrogen-bond acceptors (Lipinski definition) is 4. The Morgan fingerprint density at radius 2 is 2.00 bits per heavy atom. The van der Waals surface area contributed by atoms with Gasteiger partial charge in [-0.15, -0.1) is 10.2 Å². The van der Waals surface area contributed by atoms with Gasteiger partial charge in [-0.1, -0.05) is 35.0 Å². The highest BCUT2D eigenvalue weighted by Gasteiger charge is 2.30. The summed E-state index contributed by atoms with van der Waals surface area (Å²) in [5.74, 6) is 1.70. The number of rotatable bonds is 6. The van der Waals surface area contributed by atoms with Crippen LogP contribution in [-0.2, 0) is 11.3 Å². The van der Waals surface area contributed by atoms with Crippen molar-refractivity contribution in [2.75, 3.05) is 11.1 Å². The molecule has 1 aromatic carbocycles. The standard InChI is InChI=1S/C15H16Cl2N4OS/c1-2-21-14(9-3-4-9)19-20-15(21)23-8-13(22)18-12-6-10(16)5-11(17)7-12/h5-7,9H,2-4,8H2,1H3,(H,18,22). The van der Waals surface area contributed by atoms with E-state index in [4.69, 9.17) is 23.2 Å². The summed E-state index contributed by atoms with van der Waals surface area (Å²) in [5.41, 5.74) is 0.587. The third-order valence-corrected chi connectivity index (χ3v) is 4.89. The highest BCUT2D eigenvalue weighted by Crippen LogP contribution is 2.40. The van der Waals surface area contributed by atoms with E-state index in [9.17, 15) is 4.79 Å². The molecule has 122 valence electrons. The number of halogens is 2. The van der Waals surface area contributed by atoms with E-state index >= 15 is 0 Å². The largest absolute Gasteiger partial charge is 0.325 e. The normalized spacial score (nSPS) is 14.0. The molecule has 5 nitrogen and oxygen atoms in total. The van der Waals surface area contributed by atoms with Crippen molar-refractivity contribution in [1.29, 1.82) is 0 Å². The van der Waals surface area contributed by atoms with Crippen LogP contribution in [0.2, 0.25) is 10.0 Å². The fraction of sp³-hybridized carbons (Fsp3) is 0.400. The Balaban J connectivity index is 1.60. The quantitative estimate of drug-likeness (QED) is 0.773. The number of nitrogens with zero attached hydrogens (tertiary/aromatic N) is 3. The van der Waals surface area contributed by atoms with Gasteiger partial charge in [-0.05, 0) is 38.0 Å². The fourth-order valence-electron chi connectivity index (χ4n) is 2.30. The van der Waals surface area contributed by atoms with Gasteiger partial charge in [-0.3, -0.25) is 4.79 Å². The maximum atomic E-state index is 12.1. The summed E-state index contributed by atoms with van der Waals surface area (Å²) >= 11 is 13.2. The second kappa shape index (κ2) is 7.11. The summed E-state index contributed by atoms with van der Waals surface area (Å²) in [7, 11) is 0. The first-order valence-corrected chi connectivity index (χ1v) is 9.12. The number of aromatic nitrogens is 3. The maximum Gasteiger partial charge on any atom is 0.234 e. The van der Waals surface area contributed by atoms with Crippen molar-refractivity contribution in [3.63, 3.8) is 0 Å². The Bertz CT molecular complexity index is 710. The minimum Gasteiger partial charge on any atom is -0.325 e. The first-order chi connectivity index (χ1) is 11.1. The number of nitrogens with one attached hydrogen (secondary N) is 1. The number of thioether (sulfide) groups is 1. The topological polar surface area (TPSA) is 59.8 Å². The Hall–Kier alpha value is -1.24. The third-order valence-electron chi connectivity index (χ3n) is 3.48. The average Bonchev–Trinajstić information content (AvgIpc) is 3.24. The molecule has 0 aliphatic heterocycles. The summed E-state index contributed by atoms with van der Waals surface area (Å²) in [4.78, 5) is 12.1. The molecule has 0 spiro atoms. The minimum atomic E-state index is -0.132. The molecule has 3 rings (SSSR count). The van der Waals surface area contributed by atoms with Crippen LogP contribution in [0.15, 0.2) is 23.4 Å². The zero-order valence-electron chi connectivity index (χ0n) is 12.6. The molecule has 1 N–H and O–H groups in total. The van der Waals surface area contributed by atoms with Crippen LogP contribution in [0.25, 0.3) is 0 Å². The lowest BCUT2D eigenvalue weighted by atomic mass is 10.3. The van der Waals surface area contributed by atoms with E-state index in [2.05, 4.69) is 27.0 Å². The molecule has 23 heavy (non-hydrogen) atoms. The van der Waals surface area contributed by atoms with E-state index < -0.39 is 0 Å². The number of carbonyl (C=O) groups excluding carboxylic acids is 1. The predicted molar refractivity (Wildman–Crippen MR) is 93.5 cm³/mol. The van der Waals surface area contributed by atoms with Crippen molar-refractivity contribution in [2.45, 2.75) is 37.4 Å². The Kier molecular flexibility index (Phi) is 5.14. The molecular formula is C15H16Cl2N4OS. The van der Waals surface area contributed by atoms with Gasteiger partial charge in [0.1, 0.15) is 5.82 Å². The summed E-state index contributed by atoms with van der Waals surface area (Å²) in [6.07, 6.45) is 2.36. The molecule has 0 radical (unpaired) electrons. The number of carbonyl (C=O) groups is 1. The van der Waals surface area contributed by atoms with E-state index in [1.54, 1.807) is 18.2 Å². The maximum absolute atomic E-state index is 12.1. The molecule has 0 saturated heterocycles. The third kappa shape index (κ3) is 4.19. The van der Waals surface area contributed by atoms with Crippen LogP contribution in [0.3, 0.4) is 0 Å². The van der Waals surface area contributed by atoms with Crippen molar-refractivity contribution in [3.8, 4) is 0 Å². The Labute approximate surface area is 148 Å². The molecule has 1 fully saturated rings. The molecule has 8 heteroatoms. The second-order valence-corrected chi connectivity index (χ2v) is 7.17. The van der Waals surface area contributed by atoms with Gasteiger partial charge in [0.2, 0.25) is 5.91 Å². The second-order valence-electron chi connectivity index (χ2n) is 5.35. The number of benzene rings is 1. The van der Waals surface area contributed by atoms with Gasteiger partial charge in [-0.2, -0.15) is 0 Å². The van der Waals surface area contributed by atoms with Crippen LogP contribution in [0.1, 0.15) is 31.5 Å². The van der Waals surface area contributed by atoms with Crippen LogP contribution in [-0.4, -0.2) is 26.4 Å². The van der Waals surface area contributed by atoms with Crippen molar-refractivity contribution < 1.29 is 4.79 Å². The SMILES string of the molecule is CCn1c(SCC(=O)Nc2cc(Cl)cc(Cl)c2)nnc1C1CC1. The highest BCUT2D eigenvalue weighted by molar-refractivity contribution is 7.99. The number of anilines is 1. The monoisotopic (exact) mass is 370 g/mol. The predicted octanol–water partition coefficient (Wildman–Crippen LogP) is 4.21. The van der Waals surface area contributed by atoms with E-state index in [0.717, 1.165) is 17.5 Å². The van der Waals surface area contributed by atoms with Crippen molar-refractivity contribution in [3.05, 3.63) is 34.1 Å². The van der Waals surface area contributed by atoms with Crippen molar-refractivity contribution in [2.24, 2.45) is 0 Å². The molecule has 0 unspecified atom stereocenters. The summed E-state index contributed by atoms with van der Waals surface area (Å²) in [6, 6.07) is 4.95. The van der Waals surface area contributed by atoms with Gasteiger partial charge >= 0.3 is 0 Å². The molecule has 0 bridgehead atoms. The lowest BCUT2D eigenvalue weighted by Gasteiger charge is -2.08.